The number of carbonyl (C=O) groups is 1. The number of fused-ring (bicyclic) bond motifs is 2. The van der Waals surface area contributed by atoms with Gasteiger partial charge < -0.3 is 9.42 Å². The van der Waals surface area contributed by atoms with Crippen LogP contribution in [0, 0.1) is 0 Å². The number of benzene rings is 1. The molecule has 1 unspecified atom stereocenters. The normalized spacial score (nSPS) is 19.2. The molecule has 0 radical (unpaired) electrons. The highest BCUT2D eigenvalue weighted by Gasteiger charge is 2.36. The summed E-state index contributed by atoms with van der Waals surface area (Å²) in [6.07, 6.45) is 5.47. The molecule has 1 atom stereocenters. The number of likely N-dealkylation sites (tertiary alicyclic amines) is 1. The number of rotatable bonds is 2. The topological polar surface area (TPSA) is 81.2 Å². The minimum atomic E-state index is -0.231. The van der Waals surface area contributed by atoms with E-state index in [0.29, 0.717) is 29.0 Å². The quantitative estimate of drug-likeness (QED) is 0.685. The van der Waals surface area contributed by atoms with Gasteiger partial charge in [0, 0.05) is 25.6 Å². The Morgan fingerprint density at radius 3 is 2.89 bits per heavy atom. The van der Waals surface area contributed by atoms with Crippen molar-refractivity contribution in [1.82, 2.24) is 19.6 Å². The zero-order chi connectivity index (χ0) is 19.3. The molecule has 28 heavy (non-hydrogen) atoms. The number of amides is 1. The van der Waals surface area contributed by atoms with Crippen molar-refractivity contribution in [1.29, 1.82) is 0 Å². The number of aromatic nitrogens is 3. The molecular weight excluding hydrogens is 356 g/mol. The average Bonchev–Trinajstić information content (AvgIpc) is 3.37. The van der Waals surface area contributed by atoms with Gasteiger partial charge in [-0.25, -0.2) is 4.98 Å². The molecule has 3 heterocycles. The van der Waals surface area contributed by atoms with Crippen LogP contribution in [0.25, 0.3) is 10.9 Å². The van der Waals surface area contributed by atoms with Crippen LogP contribution < -0.4 is 5.56 Å². The fraction of sp³-hybridized carbons (Fsp3) is 0.429. The summed E-state index contributed by atoms with van der Waals surface area (Å²) in [6, 6.07) is 7.11. The summed E-state index contributed by atoms with van der Waals surface area (Å²) in [7, 11) is 1.73. The lowest BCUT2D eigenvalue weighted by molar-refractivity contribution is 0.0716. The van der Waals surface area contributed by atoms with E-state index in [-0.39, 0.29) is 17.5 Å². The van der Waals surface area contributed by atoms with Crippen molar-refractivity contribution in [3.05, 3.63) is 57.5 Å². The highest BCUT2D eigenvalue weighted by molar-refractivity contribution is 5.94. The fourth-order valence-corrected chi connectivity index (χ4v) is 4.50. The molecule has 2 aromatic heterocycles. The summed E-state index contributed by atoms with van der Waals surface area (Å²) in [5, 5.41) is 4.70. The second-order valence-corrected chi connectivity index (χ2v) is 7.65. The smallest absolute Gasteiger partial charge is 0.276 e. The van der Waals surface area contributed by atoms with Crippen LogP contribution in [0.15, 0.2) is 33.6 Å². The van der Waals surface area contributed by atoms with Gasteiger partial charge in [-0.15, -0.1) is 0 Å². The number of para-hydroxylation sites is 1. The van der Waals surface area contributed by atoms with Crippen molar-refractivity contribution >= 4 is 16.8 Å². The van der Waals surface area contributed by atoms with Crippen LogP contribution in [0.5, 0.6) is 0 Å². The van der Waals surface area contributed by atoms with Crippen molar-refractivity contribution in [2.45, 2.75) is 44.6 Å². The molecule has 5 rings (SSSR count). The van der Waals surface area contributed by atoms with Crippen molar-refractivity contribution in [3.63, 3.8) is 0 Å². The molecule has 0 N–H and O–H groups in total. The van der Waals surface area contributed by atoms with Crippen molar-refractivity contribution in [2.24, 2.45) is 7.05 Å². The highest BCUT2D eigenvalue weighted by Crippen LogP contribution is 2.34. The van der Waals surface area contributed by atoms with E-state index < -0.39 is 0 Å². The summed E-state index contributed by atoms with van der Waals surface area (Å²) in [6.45, 7) is 0.633. The first-order valence-corrected chi connectivity index (χ1v) is 9.89. The van der Waals surface area contributed by atoms with Crippen molar-refractivity contribution in [3.8, 4) is 0 Å². The first-order valence-electron chi connectivity index (χ1n) is 9.89. The Kier molecular flexibility index (Phi) is 4.03. The molecule has 1 saturated heterocycles. The van der Waals surface area contributed by atoms with E-state index in [0.717, 1.165) is 49.8 Å². The van der Waals surface area contributed by atoms with Gasteiger partial charge in [0.15, 0.2) is 5.69 Å². The van der Waals surface area contributed by atoms with Crippen LogP contribution in [0.3, 0.4) is 0 Å². The number of carbonyl (C=O) groups excluding carboxylic acids is 1. The Morgan fingerprint density at radius 2 is 2.00 bits per heavy atom. The predicted molar refractivity (Wildman–Crippen MR) is 103 cm³/mol. The van der Waals surface area contributed by atoms with E-state index in [1.807, 2.05) is 23.1 Å². The Hall–Kier alpha value is -2.96. The molecule has 7 heteroatoms. The third-order valence-corrected chi connectivity index (χ3v) is 5.98. The molecule has 3 aromatic rings. The standard InChI is InChI=1S/C21H22N4O3/c1-24-19(22-15-9-4-2-7-13(15)20(24)26)16-10-6-12-25(16)21(27)18-14-8-3-5-11-17(14)28-23-18/h2,4,7,9,16H,3,5-6,8,10-12H2,1H3. The van der Waals surface area contributed by atoms with Gasteiger partial charge in [0.2, 0.25) is 0 Å². The largest absolute Gasteiger partial charge is 0.360 e. The van der Waals surface area contributed by atoms with Gasteiger partial charge >= 0.3 is 0 Å². The maximum Gasteiger partial charge on any atom is 0.276 e. The second kappa shape index (κ2) is 6.58. The Balaban J connectivity index is 1.55. The van der Waals surface area contributed by atoms with Crippen LogP contribution in [0.1, 0.15) is 59.4 Å². The zero-order valence-electron chi connectivity index (χ0n) is 15.9. The molecule has 1 aliphatic heterocycles. The zero-order valence-corrected chi connectivity index (χ0v) is 15.9. The summed E-state index contributed by atoms with van der Waals surface area (Å²) in [5.41, 5.74) is 1.98. The van der Waals surface area contributed by atoms with E-state index in [9.17, 15) is 9.59 Å². The molecule has 0 bridgehead atoms. The van der Waals surface area contributed by atoms with Gasteiger partial charge in [-0.3, -0.25) is 14.2 Å². The van der Waals surface area contributed by atoms with Crippen LogP contribution >= 0.6 is 0 Å². The first-order chi connectivity index (χ1) is 13.6. The lowest BCUT2D eigenvalue weighted by Crippen LogP contribution is -2.35. The first kappa shape index (κ1) is 17.2. The molecule has 1 amide bonds. The molecule has 1 aromatic carbocycles. The maximum atomic E-state index is 13.3. The summed E-state index contributed by atoms with van der Waals surface area (Å²) < 4.78 is 7.02. The average molecular weight is 378 g/mol. The SMILES string of the molecule is Cn1c(C2CCCN2C(=O)c2noc3c2CCCC3)nc2ccccc2c1=O. The lowest BCUT2D eigenvalue weighted by atomic mass is 9.96. The summed E-state index contributed by atoms with van der Waals surface area (Å²) in [4.78, 5) is 32.7. The molecule has 144 valence electrons. The van der Waals surface area contributed by atoms with E-state index in [4.69, 9.17) is 9.51 Å². The molecule has 0 saturated carbocycles. The number of hydrogen-bond donors (Lipinski definition) is 0. The van der Waals surface area contributed by atoms with Crippen molar-refractivity contribution in [2.75, 3.05) is 6.54 Å². The second-order valence-electron chi connectivity index (χ2n) is 7.65. The molecule has 1 fully saturated rings. The molecule has 1 aliphatic carbocycles. The predicted octanol–water partition coefficient (Wildman–Crippen LogP) is 2.78. The Bertz CT molecular complexity index is 1130. The fourth-order valence-electron chi connectivity index (χ4n) is 4.50. The van der Waals surface area contributed by atoms with Gasteiger partial charge in [-0.05, 0) is 44.2 Å². The number of aryl methyl sites for hydroxylation is 1. The van der Waals surface area contributed by atoms with Gasteiger partial charge in [-0.1, -0.05) is 17.3 Å². The number of hydrogen-bond acceptors (Lipinski definition) is 5. The molecule has 0 spiro atoms. The molecular formula is C21H22N4O3. The van der Waals surface area contributed by atoms with Crippen molar-refractivity contribution < 1.29 is 9.32 Å². The van der Waals surface area contributed by atoms with Crippen LogP contribution in [0.4, 0.5) is 0 Å². The lowest BCUT2D eigenvalue weighted by Gasteiger charge is -2.25. The van der Waals surface area contributed by atoms with Crippen LogP contribution in [-0.2, 0) is 19.9 Å². The maximum absolute atomic E-state index is 13.3. The van der Waals surface area contributed by atoms with Gasteiger partial charge in [0.05, 0.1) is 16.9 Å². The summed E-state index contributed by atoms with van der Waals surface area (Å²) in [5.74, 6) is 1.37. The third-order valence-electron chi connectivity index (χ3n) is 5.98. The Labute approximate surface area is 162 Å². The molecule has 7 nitrogen and oxygen atoms in total. The molecule has 2 aliphatic rings. The summed E-state index contributed by atoms with van der Waals surface area (Å²) >= 11 is 0. The minimum absolute atomic E-state index is 0.0845. The highest BCUT2D eigenvalue weighted by atomic mass is 16.5. The third kappa shape index (κ3) is 2.57. The van der Waals surface area contributed by atoms with E-state index in [2.05, 4.69) is 5.16 Å². The van der Waals surface area contributed by atoms with E-state index in [1.165, 1.54) is 0 Å². The monoisotopic (exact) mass is 378 g/mol. The van der Waals surface area contributed by atoms with Gasteiger partial charge in [0.1, 0.15) is 11.6 Å². The van der Waals surface area contributed by atoms with Crippen LogP contribution in [0.2, 0.25) is 0 Å². The van der Waals surface area contributed by atoms with Gasteiger partial charge in [-0.2, -0.15) is 0 Å². The minimum Gasteiger partial charge on any atom is -0.360 e. The van der Waals surface area contributed by atoms with E-state index in [1.54, 1.807) is 17.7 Å². The van der Waals surface area contributed by atoms with Crippen LogP contribution in [-0.4, -0.2) is 32.1 Å². The number of nitrogens with zero attached hydrogens (tertiary/aromatic N) is 4. The van der Waals surface area contributed by atoms with Gasteiger partial charge in [0.25, 0.3) is 11.5 Å². The Morgan fingerprint density at radius 1 is 1.18 bits per heavy atom. The van der Waals surface area contributed by atoms with E-state index >= 15 is 0 Å².